The summed E-state index contributed by atoms with van der Waals surface area (Å²) >= 11 is 0. The molecule has 2 aromatic carbocycles. The standard InChI is InChI=1S/C20H26N2O2/c1-15(2)17-6-8-18(9-7-17)21-13-12-20(23)22-14-16-4-10-19(24-3)11-5-16/h4-11,15,21H,12-14H2,1-3H3,(H,22,23). The van der Waals surface area contributed by atoms with Crippen molar-refractivity contribution in [3.05, 3.63) is 59.7 Å². The van der Waals surface area contributed by atoms with Gasteiger partial charge in [0.2, 0.25) is 5.91 Å². The molecule has 0 radical (unpaired) electrons. The minimum atomic E-state index is 0.0390. The van der Waals surface area contributed by atoms with E-state index in [1.54, 1.807) is 7.11 Å². The van der Waals surface area contributed by atoms with Crippen molar-refractivity contribution in [3.8, 4) is 5.75 Å². The van der Waals surface area contributed by atoms with E-state index in [0.717, 1.165) is 17.0 Å². The van der Waals surface area contributed by atoms with Crippen molar-refractivity contribution in [2.45, 2.75) is 32.7 Å². The molecule has 0 unspecified atom stereocenters. The Morgan fingerprint density at radius 1 is 1.04 bits per heavy atom. The number of nitrogens with one attached hydrogen (secondary N) is 2. The van der Waals surface area contributed by atoms with Crippen LogP contribution in [0.2, 0.25) is 0 Å². The molecule has 0 atom stereocenters. The number of carbonyl (C=O) groups is 1. The van der Waals surface area contributed by atoms with Crippen LogP contribution in [0.15, 0.2) is 48.5 Å². The Bertz CT molecular complexity index is 634. The summed E-state index contributed by atoms with van der Waals surface area (Å²) in [6, 6.07) is 16.1. The highest BCUT2D eigenvalue weighted by Crippen LogP contribution is 2.17. The lowest BCUT2D eigenvalue weighted by atomic mass is 10.0. The lowest BCUT2D eigenvalue weighted by Gasteiger charge is -2.10. The normalized spacial score (nSPS) is 10.5. The SMILES string of the molecule is COc1ccc(CNC(=O)CCNc2ccc(C(C)C)cc2)cc1. The topological polar surface area (TPSA) is 50.4 Å². The maximum atomic E-state index is 11.9. The minimum Gasteiger partial charge on any atom is -0.497 e. The quantitative estimate of drug-likeness (QED) is 0.772. The molecule has 2 N–H and O–H groups in total. The molecule has 0 spiro atoms. The molecule has 0 saturated heterocycles. The van der Waals surface area contributed by atoms with Crippen LogP contribution >= 0.6 is 0 Å². The molecular formula is C20H26N2O2. The highest BCUT2D eigenvalue weighted by Gasteiger charge is 2.03. The Morgan fingerprint density at radius 3 is 2.29 bits per heavy atom. The van der Waals surface area contributed by atoms with Crippen LogP contribution in [0, 0.1) is 0 Å². The second kappa shape index (κ2) is 8.96. The molecule has 0 saturated carbocycles. The molecule has 24 heavy (non-hydrogen) atoms. The van der Waals surface area contributed by atoms with E-state index < -0.39 is 0 Å². The van der Waals surface area contributed by atoms with Crippen molar-refractivity contribution in [3.63, 3.8) is 0 Å². The molecule has 0 aliphatic heterocycles. The number of hydrogen-bond donors (Lipinski definition) is 2. The zero-order chi connectivity index (χ0) is 17.4. The second-order valence-corrected chi connectivity index (χ2v) is 6.08. The van der Waals surface area contributed by atoms with E-state index in [4.69, 9.17) is 4.74 Å². The molecule has 0 aromatic heterocycles. The number of ether oxygens (including phenoxy) is 1. The number of rotatable bonds is 8. The van der Waals surface area contributed by atoms with Gasteiger partial charge in [0, 0.05) is 25.2 Å². The van der Waals surface area contributed by atoms with Crippen LogP contribution < -0.4 is 15.4 Å². The monoisotopic (exact) mass is 326 g/mol. The van der Waals surface area contributed by atoms with Gasteiger partial charge < -0.3 is 15.4 Å². The van der Waals surface area contributed by atoms with Crippen molar-refractivity contribution in [2.75, 3.05) is 19.0 Å². The zero-order valence-electron chi connectivity index (χ0n) is 14.6. The van der Waals surface area contributed by atoms with Gasteiger partial charge in [-0.25, -0.2) is 0 Å². The largest absolute Gasteiger partial charge is 0.497 e. The Kier molecular flexibility index (Phi) is 6.67. The van der Waals surface area contributed by atoms with Crippen LogP contribution in [-0.4, -0.2) is 19.6 Å². The van der Waals surface area contributed by atoms with Gasteiger partial charge in [-0.15, -0.1) is 0 Å². The van der Waals surface area contributed by atoms with Crippen LogP contribution in [0.1, 0.15) is 37.3 Å². The molecule has 0 fully saturated rings. The van der Waals surface area contributed by atoms with E-state index in [0.29, 0.717) is 25.4 Å². The number of hydrogen-bond acceptors (Lipinski definition) is 3. The maximum absolute atomic E-state index is 11.9. The summed E-state index contributed by atoms with van der Waals surface area (Å²) in [5.74, 6) is 1.39. The summed E-state index contributed by atoms with van der Waals surface area (Å²) in [5, 5.41) is 6.20. The predicted octanol–water partition coefficient (Wildman–Crippen LogP) is 3.94. The first-order chi connectivity index (χ1) is 11.6. The van der Waals surface area contributed by atoms with Gasteiger partial charge in [-0.1, -0.05) is 38.1 Å². The lowest BCUT2D eigenvalue weighted by Crippen LogP contribution is -2.24. The third kappa shape index (κ3) is 5.61. The molecule has 0 aliphatic rings. The number of methoxy groups -OCH3 is 1. The van der Waals surface area contributed by atoms with Crippen molar-refractivity contribution in [2.24, 2.45) is 0 Å². The van der Waals surface area contributed by atoms with Crippen LogP contribution in [0.4, 0.5) is 5.69 Å². The van der Waals surface area contributed by atoms with E-state index in [-0.39, 0.29) is 5.91 Å². The zero-order valence-corrected chi connectivity index (χ0v) is 14.6. The third-order valence-electron chi connectivity index (χ3n) is 3.91. The smallest absolute Gasteiger partial charge is 0.222 e. The fraction of sp³-hybridized carbons (Fsp3) is 0.350. The highest BCUT2D eigenvalue weighted by molar-refractivity contribution is 5.76. The first kappa shape index (κ1) is 17.9. The van der Waals surface area contributed by atoms with E-state index in [1.165, 1.54) is 5.56 Å². The van der Waals surface area contributed by atoms with Gasteiger partial charge in [0.1, 0.15) is 5.75 Å². The molecule has 0 bridgehead atoms. The lowest BCUT2D eigenvalue weighted by molar-refractivity contribution is -0.121. The summed E-state index contributed by atoms with van der Waals surface area (Å²) in [5.41, 5.74) is 3.42. The van der Waals surface area contributed by atoms with E-state index in [2.05, 4.69) is 48.7 Å². The Balaban J connectivity index is 1.69. The van der Waals surface area contributed by atoms with Crippen LogP contribution in [0.25, 0.3) is 0 Å². The van der Waals surface area contributed by atoms with E-state index in [9.17, 15) is 4.79 Å². The van der Waals surface area contributed by atoms with Gasteiger partial charge in [0.05, 0.1) is 7.11 Å². The van der Waals surface area contributed by atoms with Gasteiger partial charge in [0.25, 0.3) is 0 Å². The molecule has 1 amide bonds. The number of amides is 1. The number of anilines is 1. The molecule has 0 aliphatic carbocycles. The molecular weight excluding hydrogens is 300 g/mol. The highest BCUT2D eigenvalue weighted by atomic mass is 16.5. The molecule has 4 nitrogen and oxygen atoms in total. The number of carbonyl (C=O) groups excluding carboxylic acids is 1. The van der Waals surface area contributed by atoms with Gasteiger partial charge in [0.15, 0.2) is 0 Å². The average molecular weight is 326 g/mol. The van der Waals surface area contributed by atoms with Gasteiger partial charge in [-0.3, -0.25) is 4.79 Å². The fourth-order valence-corrected chi connectivity index (χ4v) is 2.34. The van der Waals surface area contributed by atoms with Gasteiger partial charge in [-0.2, -0.15) is 0 Å². The Labute approximate surface area is 144 Å². The molecule has 2 rings (SSSR count). The van der Waals surface area contributed by atoms with Crippen molar-refractivity contribution in [1.82, 2.24) is 5.32 Å². The van der Waals surface area contributed by atoms with Crippen LogP contribution in [0.5, 0.6) is 5.75 Å². The predicted molar refractivity (Wildman–Crippen MR) is 98.5 cm³/mol. The average Bonchev–Trinajstić information content (AvgIpc) is 2.61. The van der Waals surface area contributed by atoms with E-state index >= 15 is 0 Å². The van der Waals surface area contributed by atoms with E-state index in [1.807, 2.05) is 24.3 Å². The second-order valence-electron chi connectivity index (χ2n) is 6.08. The Hall–Kier alpha value is -2.49. The summed E-state index contributed by atoms with van der Waals surface area (Å²) in [6.07, 6.45) is 0.447. The summed E-state index contributed by atoms with van der Waals surface area (Å²) in [4.78, 5) is 11.9. The maximum Gasteiger partial charge on any atom is 0.222 e. The summed E-state index contributed by atoms with van der Waals surface area (Å²) in [6.45, 7) is 5.51. The van der Waals surface area contributed by atoms with Crippen molar-refractivity contribution in [1.29, 1.82) is 0 Å². The van der Waals surface area contributed by atoms with Crippen LogP contribution in [0.3, 0.4) is 0 Å². The first-order valence-corrected chi connectivity index (χ1v) is 8.32. The summed E-state index contributed by atoms with van der Waals surface area (Å²) < 4.78 is 5.11. The third-order valence-corrected chi connectivity index (χ3v) is 3.91. The fourth-order valence-electron chi connectivity index (χ4n) is 2.34. The molecule has 2 aromatic rings. The molecule has 0 heterocycles. The number of benzene rings is 2. The van der Waals surface area contributed by atoms with Crippen molar-refractivity contribution >= 4 is 11.6 Å². The first-order valence-electron chi connectivity index (χ1n) is 8.32. The van der Waals surface area contributed by atoms with Gasteiger partial charge >= 0.3 is 0 Å². The molecule has 128 valence electrons. The Morgan fingerprint density at radius 2 is 1.71 bits per heavy atom. The van der Waals surface area contributed by atoms with Gasteiger partial charge in [-0.05, 0) is 41.3 Å². The summed E-state index contributed by atoms with van der Waals surface area (Å²) in [7, 11) is 1.64. The molecule has 4 heteroatoms. The van der Waals surface area contributed by atoms with Crippen LogP contribution in [-0.2, 0) is 11.3 Å². The van der Waals surface area contributed by atoms with Crippen molar-refractivity contribution < 1.29 is 9.53 Å². The minimum absolute atomic E-state index is 0.0390.